The molecule has 1 rings (SSSR count). The number of hydrogen-bond donors (Lipinski definition) is 1. The SMILES string of the molecule is CCOCCN(C)CCCn1ccc(N)n1. The molecule has 5 heteroatoms. The van der Waals surface area contributed by atoms with E-state index in [1.54, 1.807) is 0 Å². The Morgan fingerprint density at radius 2 is 2.31 bits per heavy atom. The Bertz CT molecular complexity index is 287. The van der Waals surface area contributed by atoms with Crippen LogP contribution in [-0.2, 0) is 11.3 Å². The van der Waals surface area contributed by atoms with Crippen LogP contribution in [0, 0.1) is 0 Å². The third kappa shape index (κ3) is 5.14. The zero-order valence-electron chi connectivity index (χ0n) is 10.2. The van der Waals surface area contributed by atoms with Crippen LogP contribution in [0.25, 0.3) is 0 Å². The topological polar surface area (TPSA) is 56.3 Å². The van der Waals surface area contributed by atoms with E-state index in [2.05, 4.69) is 17.0 Å². The first-order chi connectivity index (χ1) is 7.72. The normalized spacial score (nSPS) is 11.2. The predicted molar refractivity (Wildman–Crippen MR) is 65.2 cm³/mol. The van der Waals surface area contributed by atoms with Gasteiger partial charge in [-0.25, -0.2) is 0 Å². The number of nitrogen functional groups attached to an aromatic ring is 1. The van der Waals surface area contributed by atoms with Crippen molar-refractivity contribution < 1.29 is 4.74 Å². The van der Waals surface area contributed by atoms with Crippen molar-refractivity contribution in [1.82, 2.24) is 14.7 Å². The molecular formula is C11H22N4O. The second-order valence-corrected chi connectivity index (χ2v) is 3.86. The van der Waals surface area contributed by atoms with Crippen LogP contribution in [0.1, 0.15) is 13.3 Å². The number of ether oxygens (including phenoxy) is 1. The van der Waals surface area contributed by atoms with Gasteiger partial charge in [-0.3, -0.25) is 4.68 Å². The monoisotopic (exact) mass is 226 g/mol. The highest BCUT2D eigenvalue weighted by molar-refractivity contribution is 5.23. The second-order valence-electron chi connectivity index (χ2n) is 3.86. The molecule has 0 aliphatic carbocycles. The first kappa shape index (κ1) is 13.0. The number of aryl methyl sites for hydroxylation is 1. The summed E-state index contributed by atoms with van der Waals surface area (Å²) in [6.45, 7) is 6.56. The van der Waals surface area contributed by atoms with Gasteiger partial charge >= 0.3 is 0 Å². The Kier molecular flexibility index (Phi) is 5.88. The molecule has 0 aromatic carbocycles. The van der Waals surface area contributed by atoms with E-state index in [1.807, 2.05) is 23.9 Å². The highest BCUT2D eigenvalue weighted by Crippen LogP contribution is 1.98. The Labute approximate surface area is 97.2 Å². The van der Waals surface area contributed by atoms with Crippen molar-refractivity contribution in [3.63, 3.8) is 0 Å². The molecule has 0 saturated carbocycles. The smallest absolute Gasteiger partial charge is 0.145 e. The minimum Gasteiger partial charge on any atom is -0.382 e. The van der Waals surface area contributed by atoms with Crippen LogP contribution >= 0.6 is 0 Å². The lowest BCUT2D eigenvalue weighted by molar-refractivity contribution is 0.121. The summed E-state index contributed by atoms with van der Waals surface area (Å²) < 4.78 is 7.18. The molecule has 1 aromatic rings. The van der Waals surface area contributed by atoms with Crippen LogP contribution in [0.2, 0.25) is 0 Å². The fourth-order valence-electron chi connectivity index (χ4n) is 1.48. The van der Waals surface area contributed by atoms with E-state index >= 15 is 0 Å². The van der Waals surface area contributed by atoms with E-state index in [-0.39, 0.29) is 0 Å². The fraction of sp³-hybridized carbons (Fsp3) is 0.727. The summed E-state index contributed by atoms with van der Waals surface area (Å²) in [6.07, 6.45) is 2.99. The highest BCUT2D eigenvalue weighted by atomic mass is 16.5. The van der Waals surface area contributed by atoms with Crippen molar-refractivity contribution in [2.45, 2.75) is 19.9 Å². The summed E-state index contributed by atoms with van der Waals surface area (Å²) >= 11 is 0. The minimum atomic E-state index is 0.588. The lowest BCUT2D eigenvalue weighted by Crippen LogP contribution is -2.25. The summed E-state index contributed by atoms with van der Waals surface area (Å²) in [7, 11) is 2.11. The molecule has 0 saturated heterocycles. The number of aromatic nitrogens is 2. The van der Waals surface area contributed by atoms with E-state index in [0.717, 1.165) is 39.3 Å². The maximum absolute atomic E-state index is 5.53. The fourth-order valence-corrected chi connectivity index (χ4v) is 1.48. The van der Waals surface area contributed by atoms with Crippen molar-refractivity contribution in [3.8, 4) is 0 Å². The molecule has 0 aliphatic rings. The summed E-state index contributed by atoms with van der Waals surface area (Å²) in [5.74, 6) is 0.588. The van der Waals surface area contributed by atoms with Gasteiger partial charge in [-0.05, 0) is 33.0 Å². The van der Waals surface area contributed by atoms with E-state index in [4.69, 9.17) is 10.5 Å². The standard InChI is InChI=1S/C11H22N4O/c1-3-16-10-9-14(2)6-4-7-15-8-5-11(12)13-15/h5,8H,3-4,6-7,9-10H2,1-2H3,(H2,12,13). The molecule has 0 bridgehead atoms. The van der Waals surface area contributed by atoms with Gasteiger partial charge in [0.05, 0.1) is 6.61 Å². The molecule has 0 aliphatic heterocycles. The number of nitrogens with two attached hydrogens (primary N) is 1. The molecule has 0 atom stereocenters. The number of nitrogens with zero attached hydrogens (tertiary/aromatic N) is 3. The molecular weight excluding hydrogens is 204 g/mol. The minimum absolute atomic E-state index is 0.588. The average Bonchev–Trinajstić information content (AvgIpc) is 2.65. The number of likely N-dealkylation sites (N-methyl/N-ethyl adjacent to an activating group) is 1. The first-order valence-corrected chi connectivity index (χ1v) is 5.77. The third-order valence-electron chi connectivity index (χ3n) is 2.41. The molecule has 1 heterocycles. The molecule has 0 fully saturated rings. The molecule has 1 aromatic heterocycles. The van der Waals surface area contributed by atoms with Crippen molar-refractivity contribution in [3.05, 3.63) is 12.3 Å². The van der Waals surface area contributed by atoms with Crippen LogP contribution in [0.5, 0.6) is 0 Å². The van der Waals surface area contributed by atoms with Gasteiger partial charge in [-0.1, -0.05) is 0 Å². The summed E-state index contributed by atoms with van der Waals surface area (Å²) in [4.78, 5) is 2.27. The van der Waals surface area contributed by atoms with Crippen LogP contribution in [0.15, 0.2) is 12.3 Å². The van der Waals surface area contributed by atoms with Crippen LogP contribution in [0.3, 0.4) is 0 Å². The van der Waals surface area contributed by atoms with E-state index < -0.39 is 0 Å². The van der Waals surface area contributed by atoms with Gasteiger partial charge in [-0.2, -0.15) is 5.10 Å². The lowest BCUT2D eigenvalue weighted by Gasteiger charge is -2.16. The molecule has 0 unspecified atom stereocenters. The van der Waals surface area contributed by atoms with E-state index in [9.17, 15) is 0 Å². The number of rotatable bonds is 8. The molecule has 0 radical (unpaired) electrons. The maximum Gasteiger partial charge on any atom is 0.145 e. The van der Waals surface area contributed by atoms with Gasteiger partial charge < -0.3 is 15.4 Å². The molecule has 92 valence electrons. The van der Waals surface area contributed by atoms with Crippen molar-refractivity contribution in [2.24, 2.45) is 0 Å². The number of hydrogen-bond acceptors (Lipinski definition) is 4. The van der Waals surface area contributed by atoms with Gasteiger partial charge in [-0.15, -0.1) is 0 Å². The summed E-state index contributed by atoms with van der Waals surface area (Å²) in [5, 5.41) is 4.13. The number of anilines is 1. The van der Waals surface area contributed by atoms with Gasteiger partial charge in [0, 0.05) is 25.9 Å². The van der Waals surface area contributed by atoms with Crippen LogP contribution < -0.4 is 5.73 Å². The van der Waals surface area contributed by atoms with Gasteiger partial charge in [0.15, 0.2) is 0 Å². The largest absolute Gasteiger partial charge is 0.382 e. The zero-order valence-corrected chi connectivity index (χ0v) is 10.2. The second kappa shape index (κ2) is 7.24. The average molecular weight is 226 g/mol. The molecule has 16 heavy (non-hydrogen) atoms. The Morgan fingerprint density at radius 1 is 1.50 bits per heavy atom. The van der Waals surface area contributed by atoms with Crippen molar-refractivity contribution in [2.75, 3.05) is 39.1 Å². The van der Waals surface area contributed by atoms with Gasteiger partial charge in [0.2, 0.25) is 0 Å². The van der Waals surface area contributed by atoms with Crippen molar-refractivity contribution in [1.29, 1.82) is 0 Å². The molecule has 5 nitrogen and oxygen atoms in total. The Morgan fingerprint density at radius 3 is 2.94 bits per heavy atom. The van der Waals surface area contributed by atoms with Gasteiger partial charge in [0.1, 0.15) is 5.82 Å². The van der Waals surface area contributed by atoms with Crippen LogP contribution in [0.4, 0.5) is 5.82 Å². The van der Waals surface area contributed by atoms with Crippen LogP contribution in [-0.4, -0.2) is 48.0 Å². The molecule has 0 amide bonds. The quantitative estimate of drug-likeness (QED) is 0.667. The van der Waals surface area contributed by atoms with Gasteiger partial charge in [0.25, 0.3) is 0 Å². The first-order valence-electron chi connectivity index (χ1n) is 5.77. The predicted octanol–water partition coefficient (Wildman–Crippen LogP) is 0.824. The Balaban J connectivity index is 2.06. The third-order valence-corrected chi connectivity index (χ3v) is 2.41. The lowest BCUT2D eigenvalue weighted by atomic mass is 10.4. The van der Waals surface area contributed by atoms with E-state index in [0.29, 0.717) is 5.82 Å². The van der Waals surface area contributed by atoms with Crippen molar-refractivity contribution >= 4 is 5.82 Å². The maximum atomic E-state index is 5.53. The summed E-state index contributed by atoms with van der Waals surface area (Å²) in [5.41, 5.74) is 5.53. The summed E-state index contributed by atoms with van der Waals surface area (Å²) in [6, 6.07) is 1.82. The highest BCUT2D eigenvalue weighted by Gasteiger charge is 1.99. The zero-order chi connectivity index (χ0) is 11.8. The van der Waals surface area contributed by atoms with E-state index in [1.165, 1.54) is 0 Å². The Hall–Kier alpha value is -1.07. The molecule has 0 spiro atoms. The molecule has 2 N–H and O–H groups in total.